The van der Waals surface area contributed by atoms with Crippen molar-refractivity contribution in [3.63, 3.8) is 0 Å². The third kappa shape index (κ3) is 6.30. The van der Waals surface area contributed by atoms with E-state index in [1.54, 1.807) is 0 Å². The first-order valence-corrected chi connectivity index (χ1v) is 14.2. The van der Waals surface area contributed by atoms with E-state index in [9.17, 15) is 4.79 Å². The monoisotopic (exact) mass is 510 g/mol. The van der Waals surface area contributed by atoms with E-state index >= 15 is 0 Å². The second-order valence-corrected chi connectivity index (χ2v) is 12.3. The number of hydrogen-bond acceptors (Lipinski definition) is 3. The van der Waals surface area contributed by atoms with Crippen molar-refractivity contribution in [2.45, 2.75) is 65.0 Å². The molecule has 0 aliphatic carbocycles. The summed E-state index contributed by atoms with van der Waals surface area (Å²) in [5, 5.41) is 0. The summed E-state index contributed by atoms with van der Waals surface area (Å²) < 4.78 is 6.20. The summed E-state index contributed by atoms with van der Waals surface area (Å²) in [6.45, 7) is 12.1. The van der Waals surface area contributed by atoms with Gasteiger partial charge in [-0.15, -0.1) is 0 Å². The Balaban J connectivity index is 1.12. The van der Waals surface area contributed by atoms with Gasteiger partial charge in [0.25, 0.3) is 5.91 Å². The van der Waals surface area contributed by atoms with Crippen LogP contribution in [0.1, 0.15) is 73.5 Å². The molecule has 2 saturated heterocycles. The summed E-state index contributed by atoms with van der Waals surface area (Å²) in [5.41, 5.74) is 5.02. The number of piperidine rings is 2. The standard InChI is InChI=1S/C34H42N2O2/c1-33(2,3)30-15-13-28(14-16-30)32(37)36-23-19-34(20-24-36)17-21-35(22-18-34)25-29-11-7-8-12-31(29)38-26-27-9-5-4-6-10-27/h4-16H,17-26H2,1-3H3. The Bertz CT molecular complexity index is 1200. The molecule has 0 unspecified atom stereocenters. The molecule has 0 N–H and O–H groups in total. The van der Waals surface area contributed by atoms with Gasteiger partial charge < -0.3 is 9.64 Å². The van der Waals surface area contributed by atoms with E-state index < -0.39 is 0 Å². The van der Waals surface area contributed by atoms with E-state index in [1.807, 2.05) is 18.2 Å². The number of ether oxygens (including phenoxy) is 1. The molecule has 200 valence electrons. The summed E-state index contributed by atoms with van der Waals surface area (Å²) in [5.74, 6) is 1.17. The smallest absolute Gasteiger partial charge is 0.253 e. The van der Waals surface area contributed by atoms with Gasteiger partial charge >= 0.3 is 0 Å². The molecule has 3 aromatic rings. The number of likely N-dealkylation sites (tertiary alicyclic amines) is 2. The minimum atomic E-state index is 0.102. The minimum Gasteiger partial charge on any atom is -0.489 e. The minimum absolute atomic E-state index is 0.102. The quantitative estimate of drug-likeness (QED) is 0.355. The van der Waals surface area contributed by atoms with E-state index in [4.69, 9.17) is 4.74 Å². The first-order valence-electron chi connectivity index (χ1n) is 14.2. The molecule has 2 aliphatic heterocycles. The molecule has 0 saturated carbocycles. The maximum absolute atomic E-state index is 13.2. The molecule has 2 heterocycles. The summed E-state index contributed by atoms with van der Waals surface area (Å²) >= 11 is 0. The predicted molar refractivity (Wildman–Crippen MR) is 154 cm³/mol. The molecule has 0 atom stereocenters. The Morgan fingerprint density at radius 2 is 1.39 bits per heavy atom. The molecule has 1 amide bonds. The summed E-state index contributed by atoms with van der Waals surface area (Å²) in [6.07, 6.45) is 4.65. The molecule has 2 aliphatic rings. The third-order valence-electron chi connectivity index (χ3n) is 8.63. The van der Waals surface area contributed by atoms with Crippen LogP contribution in [0, 0.1) is 5.41 Å². The van der Waals surface area contributed by atoms with Crippen LogP contribution in [0.4, 0.5) is 0 Å². The zero-order valence-electron chi connectivity index (χ0n) is 23.3. The Morgan fingerprint density at radius 1 is 0.789 bits per heavy atom. The predicted octanol–water partition coefficient (Wildman–Crippen LogP) is 7.08. The van der Waals surface area contributed by atoms with Gasteiger partial charge in [0.2, 0.25) is 0 Å². The number of benzene rings is 3. The normalized spacial score (nSPS) is 17.9. The zero-order valence-corrected chi connectivity index (χ0v) is 23.3. The Kier molecular flexibility index (Phi) is 7.90. The van der Waals surface area contributed by atoms with Gasteiger partial charge in [0.1, 0.15) is 12.4 Å². The molecule has 2 fully saturated rings. The van der Waals surface area contributed by atoms with E-state index in [-0.39, 0.29) is 11.3 Å². The topological polar surface area (TPSA) is 32.8 Å². The van der Waals surface area contributed by atoms with Crippen molar-refractivity contribution in [2.75, 3.05) is 26.2 Å². The van der Waals surface area contributed by atoms with Crippen LogP contribution in [0.5, 0.6) is 5.75 Å². The van der Waals surface area contributed by atoms with E-state index in [0.29, 0.717) is 12.0 Å². The van der Waals surface area contributed by atoms with Crippen LogP contribution in [0.3, 0.4) is 0 Å². The molecule has 3 aromatic carbocycles. The second-order valence-electron chi connectivity index (χ2n) is 12.3. The van der Waals surface area contributed by atoms with Crippen LogP contribution in [0.25, 0.3) is 0 Å². The fourth-order valence-corrected chi connectivity index (χ4v) is 5.92. The summed E-state index contributed by atoms with van der Waals surface area (Å²) in [7, 11) is 0. The molecular weight excluding hydrogens is 468 g/mol. The molecule has 1 spiro atoms. The fourth-order valence-electron chi connectivity index (χ4n) is 5.92. The lowest BCUT2D eigenvalue weighted by atomic mass is 9.71. The van der Waals surface area contributed by atoms with Gasteiger partial charge in [0, 0.05) is 30.8 Å². The van der Waals surface area contributed by atoms with E-state index in [2.05, 4.69) is 91.2 Å². The maximum atomic E-state index is 13.2. The average Bonchev–Trinajstić information content (AvgIpc) is 2.94. The van der Waals surface area contributed by atoms with Crippen LogP contribution in [0.15, 0.2) is 78.9 Å². The first kappa shape index (κ1) is 26.5. The van der Waals surface area contributed by atoms with Gasteiger partial charge in [0.05, 0.1) is 0 Å². The number of amides is 1. The van der Waals surface area contributed by atoms with Crippen molar-refractivity contribution >= 4 is 5.91 Å². The molecule has 38 heavy (non-hydrogen) atoms. The van der Waals surface area contributed by atoms with Crippen LogP contribution in [0.2, 0.25) is 0 Å². The molecule has 0 bridgehead atoms. The lowest BCUT2D eigenvalue weighted by molar-refractivity contribution is 0.0283. The number of hydrogen-bond donors (Lipinski definition) is 0. The van der Waals surface area contributed by atoms with Crippen molar-refractivity contribution in [3.05, 3.63) is 101 Å². The molecule has 5 rings (SSSR count). The maximum Gasteiger partial charge on any atom is 0.253 e. The van der Waals surface area contributed by atoms with Crippen molar-refractivity contribution < 1.29 is 9.53 Å². The molecular formula is C34H42N2O2. The van der Waals surface area contributed by atoms with Gasteiger partial charge in [-0.3, -0.25) is 9.69 Å². The van der Waals surface area contributed by atoms with Gasteiger partial charge in [-0.25, -0.2) is 0 Å². The average molecular weight is 511 g/mol. The lowest BCUT2D eigenvalue weighted by Gasteiger charge is -2.47. The highest BCUT2D eigenvalue weighted by Crippen LogP contribution is 2.42. The van der Waals surface area contributed by atoms with Crippen LogP contribution < -0.4 is 4.74 Å². The van der Waals surface area contributed by atoms with Crippen molar-refractivity contribution in [1.82, 2.24) is 9.80 Å². The highest BCUT2D eigenvalue weighted by Gasteiger charge is 2.38. The number of para-hydroxylation sites is 1. The number of rotatable bonds is 6. The van der Waals surface area contributed by atoms with Gasteiger partial charge in [-0.2, -0.15) is 0 Å². The molecule has 0 aromatic heterocycles. The van der Waals surface area contributed by atoms with Gasteiger partial charge in [-0.05, 0) is 78.9 Å². The van der Waals surface area contributed by atoms with Gasteiger partial charge in [-0.1, -0.05) is 81.4 Å². The lowest BCUT2D eigenvalue weighted by Crippen LogP contribution is -2.48. The Morgan fingerprint density at radius 3 is 2.05 bits per heavy atom. The summed E-state index contributed by atoms with van der Waals surface area (Å²) in [6, 6.07) is 27.0. The molecule has 4 heteroatoms. The number of carbonyl (C=O) groups excluding carboxylic acids is 1. The Hall–Kier alpha value is -3.11. The van der Waals surface area contributed by atoms with Crippen molar-refractivity contribution in [2.24, 2.45) is 5.41 Å². The number of nitrogens with zero attached hydrogens (tertiary/aromatic N) is 2. The van der Waals surface area contributed by atoms with E-state index in [0.717, 1.165) is 56.9 Å². The van der Waals surface area contributed by atoms with Crippen LogP contribution in [-0.2, 0) is 18.6 Å². The molecule has 4 nitrogen and oxygen atoms in total. The van der Waals surface area contributed by atoms with Crippen LogP contribution in [-0.4, -0.2) is 41.9 Å². The highest BCUT2D eigenvalue weighted by atomic mass is 16.5. The SMILES string of the molecule is CC(C)(C)c1ccc(C(=O)N2CCC3(CCN(Cc4ccccc4OCc4ccccc4)CC3)CC2)cc1. The third-order valence-corrected chi connectivity index (χ3v) is 8.63. The van der Waals surface area contributed by atoms with E-state index in [1.165, 1.54) is 29.5 Å². The Labute approximate surface area is 228 Å². The van der Waals surface area contributed by atoms with Gasteiger partial charge in [0.15, 0.2) is 0 Å². The van der Waals surface area contributed by atoms with Crippen LogP contribution >= 0.6 is 0 Å². The second kappa shape index (κ2) is 11.3. The summed E-state index contributed by atoms with van der Waals surface area (Å²) in [4.78, 5) is 17.8. The fraction of sp³-hybridized carbons (Fsp3) is 0.441. The highest BCUT2D eigenvalue weighted by molar-refractivity contribution is 5.94. The number of carbonyl (C=O) groups is 1. The van der Waals surface area contributed by atoms with Crippen molar-refractivity contribution in [3.8, 4) is 5.75 Å². The first-order chi connectivity index (χ1) is 18.3. The molecule has 0 radical (unpaired) electrons. The largest absolute Gasteiger partial charge is 0.489 e. The zero-order chi connectivity index (χ0) is 26.6. The van der Waals surface area contributed by atoms with Crippen molar-refractivity contribution in [1.29, 1.82) is 0 Å².